The Morgan fingerprint density at radius 1 is 0.625 bits per heavy atom. The van der Waals surface area contributed by atoms with Gasteiger partial charge in [-0.05, 0) is 74.0 Å². The summed E-state index contributed by atoms with van der Waals surface area (Å²) in [6.45, 7) is 13.9. The highest BCUT2D eigenvalue weighted by atomic mass is 31.1. The van der Waals surface area contributed by atoms with Gasteiger partial charge in [-0.1, -0.05) is 41.5 Å². The van der Waals surface area contributed by atoms with Crippen molar-refractivity contribution < 1.29 is 13.6 Å². The first-order valence-electron chi connectivity index (χ1n) is 9.86. The van der Waals surface area contributed by atoms with Crippen LogP contribution in [0.1, 0.15) is 92.9 Å². The van der Waals surface area contributed by atoms with Crippen molar-refractivity contribution in [3.63, 3.8) is 0 Å². The van der Waals surface area contributed by atoms with E-state index in [0.717, 1.165) is 37.5 Å². The Kier molecular flexibility index (Phi) is 6.90. The predicted molar refractivity (Wildman–Crippen MR) is 100 cm³/mol. The molecule has 0 amide bonds. The maximum absolute atomic E-state index is 12.2. The normalized spacial score (nSPS) is 33.3. The lowest BCUT2D eigenvalue weighted by atomic mass is 9.72. The third kappa shape index (κ3) is 6.07. The van der Waals surface area contributed by atoms with E-state index in [-0.39, 0.29) is 12.2 Å². The fourth-order valence-corrected chi connectivity index (χ4v) is 5.29. The van der Waals surface area contributed by atoms with Crippen molar-refractivity contribution in [1.82, 2.24) is 0 Å². The fourth-order valence-electron chi connectivity index (χ4n) is 4.34. The Morgan fingerprint density at radius 3 is 1.17 bits per heavy atom. The molecule has 0 unspecified atom stereocenters. The van der Waals surface area contributed by atoms with E-state index in [2.05, 4.69) is 41.5 Å². The molecular formula is C20H38O3P+. The van der Waals surface area contributed by atoms with E-state index >= 15 is 0 Å². The molecule has 3 nitrogen and oxygen atoms in total. The lowest BCUT2D eigenvalue weighted by molar-refractivity contribution is 0.0509. The molecule has 0 aromatic rings. The van der Waals surface area contributed by atoms with E-state index in [1.54, 1.807) is 0 Å². The first-order chi connectivity index (χ1) is 11.1. The minimum absolute atomic E-state index is 0.123. The molecule has 4 heteroatoms. The van der Waals surface area contributed by atoms with Gasteiger partial charge in [0, 0.05) is 4.57 Å². The third-order valence-electron chi connectivity index (χ3n) is 6.27. The van der Waals surface area contributed by atoms with E-state index < -0.39 is 8.25 Å². The van der Waals surface area contributed by atoms with Crippen molar-refractivity contribution in [3.8, 4) is 0 Å². The molecule has 0 radical (unpaired) electrons. The Hall–Kier alpha value is 0.0200. The summed E-state index contributed by atoms with van der Waals surface area (Å²) in [6.07, 6.45) is 9.01. The van der Waals surface area contributed by atoms with Crippen LogP contribution in [-0.2, 0) is 13.6 Å². The van der Waals surface area contributed by atoms with Crippen LogP contribution in [-0.4, -0.2) is 12.2 Å². The molecule has 0 bridgehead atoms. The average Bonchev–Trinajstić information content (AvgIpc) is 2.46. The maximum atomic E-state index is 12.2. The summed E-state index contributed by atoms with van der Waals surface area (Å²) < 4.78 is 23.7. The second-order valence-corrected chi connectivity index (χ2v) is 11.0. The molecule has 0 aromatic heterocycles. The summed E-state index contributed by atoms with van der Waals surface area (Å²) >= 11 is 0. The predicted octanol–water partition coefficient (Wildman–Crippen LogP) is 6.89. The summed E-state index contributed by atoms with van der Waals surface area (Å²) in [4.78, 5) is 0. The van der Waals surface area contributed by atoms with Gasteiger partial charge >= 0.3 is 8.25 Å². The molecule has 2 saturated carbocycles. The van der Waals surface area contributed by atoms with Gasteiger partial charge in [0.25, 0.3) is 0 Å². The van der Waals surface area contributed by atoms with E-state index in [1.807, 2.05) is 0 Å². The van der Waals surface area contributed by atoms with Crippen molar-refractivity contribution in [2.45, 2.75) is 105 Å². The van der Waals surface area contributed by atoms with Crippen molar-refractivity contribution in [2.75, 3.05) is 0 Å². The molecule has 0 heterocycles. The van der Waals surface area contributed by atoms with Gasteiger partial charge < -0.3 is 0 Å². The van der Waals surface area contributed by atoms with E-state index in [4.69, 9.17) is 9.05 Å². The Bertz CT molecular complexity index is 368. The highest BCUT2D eigenvalue weighted by Crippen LogP contribution is 2.44. The molecule has 2 fully saturated rings. The second kappa shape index (κ2) is 8.14. The molecule has 0 spiro atoms. The Labute approximate surface area is 150 Å². The van der Waals surface area contributed by atoms with Crippen LogP contribution in [0.15, 0.2) is 0 Å². The summed E-state index contributed by atoms with van der Waals surface area (Å²) in [7, 11) is -1.96. The van der Waals surface area contributed by atoms with Crippen LogP contribution in [0, 0.1) is 22.7 Å². The van der Waals surface area contributed by atoms with Crippen LogP contribution in [0.4, 0.5) is 0 Å². The lowest BCUT2D eigenvalue weighted by Crippen LogP contribution is -2.29. The molecule has 0 saturated heterocycles. The van der Waals surface area contributed by atoms with Crippen molar-refractivity contribution in [1.29, 1.82) is 0 Å². The Balaban J connectivity index is 1.68. The van der Waals surface area contributed by atoms with Gasteiger partial charge in [-0.25, -0.2) is 0 Å². The van der Waals surface area contributed by atoms with Crippen molar-refractivity contribution in [3.05, 3.63) is 0 Å². The van der Waals surface area contributed by atoms with Gasteiger partial charge in [-0.3, -0.25) is 0 Å². The zero-order valence-electron chi connectivity index (χ0n) is 16.6. The summed E-state index contributed by atoms with van der Waals surface area (Å²) in [5, 5.41) is 0. The topological polar surface area (TPSA) is 35.5 Å². The summed E-state index contributed by atoms with van der Waals surface area (Å²) in [5.41, 5.74) is 0.741. The first kappa shape index (κ1) is 20.3. The molecule has 0 N–H and O–H groups in total. The van der Waals surface area contributed by atoms with Crippen LogP contribution in [0.25, 0.3) is 0 Å². The Morgan fingerprint density at radius 2 is 0.917 bits per heavy atom. The monoisotopic (exact) mass is 357 g/mol. The van der Waals surface area contributed by atoms with E-state index in [1.165, 1.54) is 25.7 Å². The minimum Gasteiger partial charge on any atom is -0.116 e. The molecule has 0 aromatic carbocycles. The third-order valence-corrected chi connectivity index (χ3v) is 7.21. The van der Waals surface area contributed by atoms with Crippen LogP contribution in [0.3, 0.4) is 0 Å². The van der Waals surface area contributed by atoms with Crippen molar-refractivity contribution in [2.24, 2.45) is 22.7 Å². The summed E-state index contributed by atoms with van der Waals surface area (Å²) in [5.74, 6) is 1.51. The van der Waals surface area contributed by atoms with Crippen LogP contribution >= 0.6 is 8.25 Å². The van der Waals surface area contributed by atoms with Crippen LogP contribution < -0.4 is 0 Å². The zero-order chi connectivity index (χ0) is 18.0. The van der Waals surface area contributed by atoms with Gasteiger partial charge in [-0.15, -0.1) is 9.05 Å². The second-order valence-electron chi connectivity index (χ2n) is 10.1. The largest absolute Gasteiger partial charge is 0.697 e. The highest BCUT2D eigenvalue weighted by Gasteiger charge is 2.38. The molecule has 2 aliphatic rings. The number of hydrogen-bond acceptors (Lipinski definition) is 3. The molecule has 0 atom stereocenters. The molecule has 2 rings (SSSR count). The maximum Gasteiger partial charge on any atom is 0.697 e. The smallest absolute Gasteiger partial charge is 0.116 e. The van der Waals surface area contributed by atoms with Gasteiger partial charge in [0.2, 0.25) is 0 Å². The first-order valence-corrected chi connectivity index (χ1v) is 11.0. The van der Waals surface area contributed by atoms with Crippen LogP contribution in [0.2, 0.25) is 0 Å². The van der Waals surface area contributed by atoms with Crippen LogP contribution in [0.5, 0.6) is 0 Å². The molecule has 2 aliphatic carbocycles. The van der Waals surface area contributed by atoms with Gasteiger partial charge in [-0.2, -0.15) is 0 Å². The fraction of sp³-hybridized carbons (Fsp3) is 1.00. The molecule has 140 valence electrons. The lowest BCUT2D eigenvalue weighted by Gasteiger charge is -2.35. The molecule has 24 heavy (non-hydrogen) atoms. The molecular weight excluding hydrogens is 319 g/mol. The van der Waals surface area contributed by atoms with Crippen molar-refractivity contribution >= 4 is 8.25 Å². The zero-order valence-corrected chi connectivity index (χ0v) is 17.5. The van der Waals surface area contributed by atoms with E-state index in [9.17, 15) is 4.57 Å². The number of hydrogen-bond donors (Lipinski definition) is 0. The van der Waals surface area contributed by atoms with Gasteiger partial charge in [0.15, 0.2) is 0 Å². The SMILES string of the molecule is CC(C)(C)C1CCC(O[P+](=O)OC2CCC(C(C)(C)C)CC2)CC1. The quantitative estimate of drug-likeness (QED) is 0.514. The highest BCUT2D eigenvalue weighted by molar-refractivity contribution is 7.33. The number of rotatable bonds is 4. The summed E-state index contributed by atoms with van der Waals surface area (Å²) in [6, 6.07) is 0. The van der Waals surface area contributed by atoms with Gasteiger partial charge in [0.05, 0.1) is 0 Å². The van der Waals surface area contributed by atoms with Gasteiger partial charge in [0.1, 0.15) is 12.2 Å². The average molecular weight is 357 g/mol. The van der Waals surface area contributed by atoms with E-state index in [0.29, 0.717) is 10.8 Å². The standard InChI is InChI=1S/C20H38O3P/c1-19(2,3)15-7-11-17(12-8-15)22-24(21)23-18-13-9-16(10-14-18)20(4,5)6/h15-18H,7-14H2,1-6H3/q+1. The molecule has 0 aliphatic heterocycles. The minimum atomic E-state index is -1.96.